The van der Waals surface area contributed by atoms with Crippen LogP contribution in [0.2, 0.25) is 0 Å². The predicted octanol–water partition coefficient (Wildman–Crippen LogP) is 2.93. The first kappa shape index (κ1) is 32.7. The molecule has 4 saturated carbocycles. The molecule has 10 atom stereocenters. The molecule has 0 bridgehead atoms. The van der Waals surface area contributed by atoms with Crippen LogP contribution in [0.4, 0.5) is 0 Å². The fourth-order valence-electron chi connectivity index (χ4n) is 10.4. The number of nitrogens with one attached hydrogen (secondary N) is 2. The Kier molecular flexibility index (Phi) is 9.84. The Morgan fingerprint density at radius 3 is 2.28 bits per heavy atom. The molecular weight excluding hydrogens is 544 g/mol. The average molecular weight is 603 g/mol. The number of aliphatic hydroxyl groups is 2. The zero-order chi connectivity index (χ0) is 31.1. The molecule has 1 aliphatic heterocycles. The molecule has 0 unspecified atom stereocenters. The van der Waals surface area contributed by atoms with E-state index in [0.717, 1.165) is 45.2 Å². The lowest BCUT2D eigenvalue weighted by atomic mass is 9.44. The first-order valence-corrected chi connectivity index (χ1v) is 17.3. The molecule has 5 fully saturated rings. The molecule has 3 amide bonds. The Morgan fingerprint density at radius 2 is 1.60 bits per heavy atom. The number of carbonyl (C=O) groups is 3. The highest BCUT2D eigenvalue weighted by Gasteiger charge is 2.61. The normalized spacial score (nSPS) is 40.3. The van der Waals surface area contributed by atoms with Gasteiger partial charge in [-0.05, 0) is 98.2 Å². The number of rotatable bonds is 8. The summed E-state index contributed by atoms with van der Waals surface area (Å²) in [6.45, 7) is 13.2. The first-order valence-electron chi connectivity index (χ1n) is 17.3. The van der Waals surface area contributed by atoms with Gasteiger partial charge in [-0.25, -0.2) is 0 Å². The third-order valence-corrected chi connectivity index (χ3v) is 12.8. The van der Waals surface area contributed by atoms with Gasteiger partial charge in [0.15, 0.2) is 0 Å². The lowest BCUT2D eigenvalue weighted by molar-refractivity contribution is -0.157. The number of hydrogen-bond acceptors (Lipinski definition) is 6. The van der Waals surface area contributed by atoms with E-state index in [9.17, 15) is 24.6 Å². The van der Waals surface area contributed by atoms with E-state index in [1.165, 1.54) is 19.3 Å². The highest BCUT2D eigenvalue weighted by molar-refractivity contribution is 5.90. The van der Waals surface area contributed by atoms with Crippen LogP contribution in [0, 0.1) is 40.4 Å². The topological polar surface area (TPSA) is 122 Å². The Balaban J connectivity index is 1.20. The minimum absolute atomic E-state index is 0.0566. The number of amides is 3. The molecule has 0 aromatic rings. The van der Waals surface area contributed by atoms with Gasteiger partial charge in [-0.1, -0.05) is 34.6 Å². The largest absolute Gasteiger partial charge is 0.393 e. The maximum Gasteiger partial charge on any atom is 0.245 e. The zero-order valence-electron chi connectivity index (χ0n) is 27.3. The number of nitrogens with zero attached hydrogens (tertiary/aromatic N) is 2. The fourth-order valence-corrected chi connectivity index (χ4v) is 10.4. The number of fused-ring (bicyclic) bond motifs is 5. The Bertz CT molecular complexity index is 1030. The van der Waals surface area contributed by atoms with Crippen molar-refractivity contribution in [3.63, 3.8) is 0 Å². The van der Waals surface area contributed by atoms with Gasteiger partial charge in [0.25, 0.3) is 0 Å². The summed E-state index contributed by atoms with van der Waals surface area (Å²) in [6, 6.07) is -0.504. The van der Waals surface area contributed by atoms with Gasteiger partial charge in [-0.15, -0.1) is 0 Å². The van der Waals surface area contributed by atoms with Crippen LogP contribution in [0.15, 0.2) is 0 Å². The van der Waals surface area contributed by atoms with E-state index in [1.54, 1.807) is 6.92 Å². The first-order chi connectivity index (χ1) is 20.4. The molecule has 0 aromatic carbocycles. The Hall–Kier alpha value is -1.71. The van der Waals surface area contributed by atoms with Crippen molar-refractivity contribution < 1.29 is 24.6 Å². The van der Waals surface area contributed by atoms with Crippen LogP contribution in [-0.4, -0.2) is 94.7 Å². The van der Waals surface area contributed by atoms with E-state index in [4.69, 9.17) is 0 Å². The van der Waals surface area contributed by atoms with Gasteiger partial charge in [0, 0.05) is 38.6 Å². The summed E-state index contributed by atoms with van der Waals surface area (Å²) < 4.78 is 0. The molecule has 4 aliphatic carbocycles. The van der Waals surface area contributed by atoms with E-state index in [-0.39, 0.29) is 59.3 Å². The van der Waals surface area contributed by atoms with E-state index >= 15 is 0 Å². The van der Waals surface area contributed by atoms with Crippen molar-refractivity contribution in [1.82, 2.24) is 20.4 Å². The summed E-state index contributed by atoms with van der Waals surface area (Å²) >= 11 is 0. The summed E-state index contributed by atoms with van der Waals surface area (Å²) in [6.07, 6.45) is 9.10. The molecule has 5 rings (SSSR count). The SMILES string of the molecule is CCC(=O)NCC(=O)N[C@@H](CC(C)C)C(=O)N1CCN([C@H]2C[C@@]3(C)[C@@H](CC[C@@H]4[C@@H]3CC[C@]3(C)[C@@H](O)CC[C@@H]43)C[C@@H]2O)CC1. The maximum atomic E-state index is 13.6. The molecule has 5 aliphatic rings. The quantitative estimate of drug-likeness (QED) is 0.339. The molecule has 0 aromatic heterocycles. The van der Waals surface area contributed by atoms with Crippen molar-refractivity contribution in [1.29, 1.82) is 0 Å². The lowest BCUT2D eigenvalue weighted by Gasteiger charge is -2.62. The summed E-state index contributed by atoms with van der Waals surface area (Å²) in [7, 11) is 0. The van der Waals surface area contributed by atoms with Crippen molar-refractivity contribution >= 4 is 17.7 Å². The van der Waals surface area contributed by atoms with Gasteiger partial charge in [0.2, 0.25) is 17.7 Å². The minimum Gasteiger partial charge on any atom is -0.393 e. The summed E-state index contributed by atoms with van der Waals surface area (Å²) in [4.78, 5) is 42.0. The maximum absolute atomic E-state index is 13.6. The van der Waals surface area contributed by atoms with Crippen LogP contribution in [-0.2, 0) is 14.4 Å². The second kappa shape index (κ2) is 13.0. The fraction of sp³-hybridized carbons (Fsp3) is 0.912. The van der Waals surface area contributed by atoms with Crippen LogP contribution >= 0.6 is 0 Å². The molecule has 1 saturated heterocycles. The zero-order valence-corrected chi connectivity index (χ0v) is 27.3. The van der Waals surface area contributed by atoms with Crippen LogP contribution in [0.5, 0.6) is 0 Å². The molecule has 4 N–H and O–H groups in total. The van der Waals surface area contributed by atoms with Gasteiger partial charge in [0.05, 0.1) is 18.8 Å². The lowest BCUT2D eigenvalue weighted by Crippen LogP contribution is -2.63. The van der Waals surface area contributed by atoms with Gasteiger partial charge >= 0.3 is 0 Å². The average Bonchev–Trinajstić information content (AvgIpc) is 3.29. The summed E-state index contributed by atoms with van der Waals surface area (Å²) in [5.74, 6) is 2.18. The van der Waals surface area contributed by atoms with Crippen LogP contribution in [0.25, 0.3) is 0 Å². The van der Waals surface area contributed by atoms with E-state index in [0.29, 0.717) is 49.6 Å². The van der Waals surface area contributed by atoms with Crippen LogP contribution < -0.4 is 10.6 Å². The third kappa shape index (κ3) is 6.37. The highest BCUT2D eigenvalue weighted by atomic mass is 16.3. The molecule has 0 spiro atoms. The highest BCUT2D eigenvalue weighted by Crippen LogP contribution is 2.66. The van der Waals surface area contributed by atoms with Gasteiger partial charge in [0.1, 0.15) is 6.04 Å². The number of aliphatic hydroxyl groups excluding tert-OH is 2. The summed E-state index contributed by atoms with van der Waals surface area (Å²) in [5.41, 5.74) is 0.283. The molecule has 9 heteroatoms. The van der Waals surface area contributed by atoms with Crippen molar-refractivity contribution in [3.8, 4) is 0 Å². The molecular formula is C34H58N4O5. The van der Waals surface area contributed by atoms with Crippen molar-refractivity contribution in [2.75, 3.05) is 32.7 Å². The molecule has 1 heterocycles. The van der Waals surface area contributed by atoms with E-state index in [2.05, 4.69) is 29.4 Å². The second-order valence-corrected chi connectivity index (χ2v) is 15.6. The predicted molar refractivity (Wildman–Crippen MR) is 166 cm³/mol. The number of hydrogen-bond donors (Lipinski definition) is 4. The molecule has 0 radical (unpaired) electrons. The van der Waals surface area contributed by atoms with Gasteiger partial charge in [-0.3, -0.25) is 19.3 Å². The van der Waals surface area contributed by atoms with Crippen molar-refractivity contribution in [2.45, 2.75) is 123 Å². The Labute approximate surface area is 258 Å². The van der Waals surface area contributed by atoms with Crippen molar-refractivity contribution in [2.24, 2.45) is 40.4 Å². The minimum atomic E-state index is -0.609. The van der Waals surface area contributed by atoms with Crippen LogP contribution in [0.3, 0.4) is 0 Å². The van der Waals surface area contributed by atoms with Gasteiger partial charge < -0.3 is 25.7 Å². The van der Waals surface area contributed by atoms with Crippen molar-refractivity contribution in [3.05, 3.63) is 0 Å². The van der Waals surface area contributed by atoms with E-state index < -0.39 is 6.04 Å². The smallest absolute Gasteiger partial charge is 0.245 e. The molecule has 244 valence electrons. The second-order valence-electron chi connectivity index (χ2n) is 15.6. The molecule has 43 heavy (non-hydrogen) atoms. The standard InChI is InChI=1S/C34H58N4O5/c1-6-30(41)35-20-31(42)36-26(17-21(2)3)32(43)38-15-13-37(14-16-38)27-19-34(5)22(18-28(27)39)7-8-23-24-9-10-29(40)33(24,4)12-11-25(23)34/h21-29,39-40H,6-20H2,1-5H3,(H,35,41)(H,36,42)/t22-,23-,24-,25-,26-,27-,28-,29-,33-,34-/m0/s1. The monoisotopic (exact) mass is 602 g/mol. The van der Waals surface area contributed by atoms with E-state index in [1.807, 2.05) is 18.7 Å². The van der Waals surface area contributed by atoms with Crippen LogP contribution in [0.1, 0.15) is 98.8 Å². The Morgan fingerprint density at radius 1 is 0.907 bits per heavy atom. The molecule has 9 nitrogen and oxygen atoms in total. The van der Waals surface area contributed by atoms with Gasteiger partial charge in [-0.2, -0.15) is 0 Å². The summed E-state index contributed by atoms with van der Waals surface area (Å²) in [5, 5.41) is 27.7. The number of piperazine rings is 1. The third-order valence-electron chi connectivity index (χ3n) is 12.8. The number of carbonyl (C=O) groups excluding carboxylic acids is 3.